The fourth-order valence-electron chi connectivity index (χ4n) is 2.18. The molecule has 0 bridgehead atoms. The fraction of sp³-hybridized carbons (Fsp3) is 0.286. The zero-order chi connectivity index (χ0) is 17.9. The number of nitrogens with two attached hydrogens (primary N) is 2. The number of nitrogens with zero attached hydrogens (tertiary/aromatic N) is 2. The van der Waals surface area contributed by atoms with Crippen molar-refractivity contribution in [3.8, 4) is 0 Å². The molecule has 4 N–H and O–H groups in total. The molecule has 126 valence electrons. The Hall–Kier alpha value is -1.90. The third kappa shape index (κ3) is 5.05. The monoisotopic (exact) mass is 358 g/mol. The van der Waals surface area contributed by atoms with Gasteiger partial charge in [-0.3, -0.25) is 5.84 Å². The van der Waals surface area contributed by atoms with Gasteiger partial charge in [-0.05, 0) is 43.5 Å². The Morgan fingerprint density at radius 1 is 1.13 bits per heavy atom. The number of anilines is 1. The van der Waals surface area contributed by atoms with Crippen molar-refractivity contribution in [2.45, 2.75) is 32.6 Å². The molecular formula is C14H19ClN4O3S. The van der Waals surface area contributed by atoms with E-state index in [1.807, 2.05) is 6.92 Å². The second kappa shape index (κ2) is 7.12. The van der Waals surface area contributed by atoms with Crippen LogP contribution < -0.4 is 16.3 Å². The fourth-order valence-corrected chi connectivity index (χ4v) is 3.32. The third-order valence-electron chi connectivity index (χ3n) is 3.02. The predicted molar refractivity (Wildman–Crippen MR) is 87.4 cm³/mol. The highest BCUT2D eigenvalue weighted by Crippen LogP contribution is 2.20. The summed E-state index contributed by atoms with van der Waals surface area (Å²) in [5, 5.41) is 0.358. The summed E-state index contributed by atoms with van der Waals surface area (Å²) in [6.45, 7) is 6.85. The van der Waals surface area contributed by atoms with Crippen LogP contribution in [0.2, 0.25) is 5.15 Å². The summed E-state index contributed by atoms with van der Waals surface area (Å²) in [5.41, 5.74) is 7.44. The summed E-state index contributed by atoms with van der Waals surface area (Å²) in [6, 6.07) is 4.88. The van der Waals surface area contributed by atoms with Gasteiger partial charge in [0.15, 0.2) is 0 Å². The van der Waals surface area contributed by atoms with Crippen LogP contribution in [0.5, 0.6) is 0 Å². The van der Waals surface area contributed by atoms with Gasteiger partial charge in [0.05, 0.1) is 11.0 Å². The molecule has 7 nitrogen and oxygen atoms in total. The molecule has 0 amide bonds. The highest BCUT2D eigenvalue weighted by molar-refractivity contribution is 7.85. The molecule has 0 radical (unpaired) electrons. The topological polar surface area (TPSA) is 126 Å². The summed E-state index contributed by atoms with van der Waals surface area (Å²) in [5.74, 6) is 6.41. The average Bonchev–Trinajstić information content (AvgIpc) is 2.33. The SMILES string of the molecule is Cc1cc(C)c(S(=O)(=O)[O-])c(C)c1.Cc1nc(Cl)cc(N)[n+]1N. The van der Waals surface area contributed by atoms with Gasteiger partial charge >= 0.3 is 0 Å². The Morgan fingerprint density at radius 2 is 1.61 bits per heavy atom. The maximum absolute atomic E-state index is 10.8. The summed E-state index contributed by atoms with van der Waals surface area (Å²) < 4.78 is 33.8. The Balaban J connectivity index is 0.000000238. The summed E-state index contributed by atoms with van der Waals surface area (Å²) in [6.07, 6.45) is 0. The Morgan fingerprint density at radius 3 is 2.00 bits per heavy atom. The van der Waals surface area contributed by atoms with Gasteiger partial charge in [-0.2, -0.15) is 0 Å². The number of aryl methyl sites for hydroxylation is 4. The zero-order valence-corrected chi connectivity index (χ0v) is 14.9. The smallest absolute Gasteiger partial charge is 0.258 e. The summed E-state index contributed by atoms with van der Waals surface area (Å²) >= 11 is 5.56. The molecule has 1 aromatic carbocycles. The number of rotatable bonds is 1. The number of halogens is 1. The molecule has 1 aromatic heterocycles. The van der Waals surface area contributed by atoms with E-state index in [1.165, 1.54) is 10.7 Å². The van der Waals surface area contributed by atoms with Crippen LogP contribution in [-0.4, -0.2) is 18.0 Å². The molecule has 0 unspecified atom stereocenters. The van der Waals surface area contributed by atoms with Crippen molar-refractivity contribution in [3.05, 3.63) is 45.9 Å². The van der Waals surface area contributed by atoms with Crippen molar-refractivity contribution < 1.29 is 17.6 Å². The van der Waals surface area contributed by atoms with E-state index < -0.39 is 10.1 Å². The molecular weight excluding hydrogens is 340 g/mol. The maximum Gasteiger partial charge on any atom is 0.258 e. The molecule has 0 saturated heterocycles. The molecule has 23 heavy (non-hydrogen) atoms. The van der Waals surface area contributed by atoms with E-state index in [-0.39, 0.29) is 4.90 Å². The van der Waals surface area contributed by atoms with Crippen molar-refractivity contribution in [3.63, 3.8) is 0 Å². The van der Waals surface area contributed by atoms with E-state index in [4.69, 9.17) is 23.2 Å². The van der Waals surface area contributed by atoms with Crippen LogP contribution in [0.25, 0.3) is 0 Å². The van der Waals surface area contributed by atoms with Crippen molar-refractivity contribution in [1.82, 2.24) is 4.98 Å². The van der Waals surface area contributed by atoms with Crippen LogP contribution in [0.4, 0.5) is 5.82 Å². The minimum absolute atomic E-state index is 0.0851. The highest BCUT2D eigenvalue weighted by atomic mass is 35.5. The quantitative estimate of drug-likeness (QED) is 0.340. The third-order valence-corrected chi connectivity index (χ3v) is 4.35. The van der Waals surface area contributed by atoms with Crippen molar-refractivity contribution in [2.75, 3.05) is 11.6 Å². The van der Waals surface area contributed by atoms with E-state index in [2.05, 4.69) is 4.98 Å². The van der Waals surface area contributed by atoms with Crippen LogP contribution in [0.15, 0.2) is 23.1 Å². The largest absolute Gasteiger partial charge is 0.744 e. The molecule has 0 aliphatic rings. The van der Waals surface area contributed by atoms with Crippen molar-refractivity contribution in [1.29, 1.82) is 0 Å². The standard InChI is InChI=1S/C9H12O3S.C5H7ClN4/c1-6-4-7(2)9(8(3)5-6)13(10,11)12;1-3-9-4(6)2-5(7)10(3)8/h4-5H,1-3H3,(H,10,11,12);2,7H,8H2,1H3. The lowest BCUT2D eigenvalue weighted by Crippen LogP contribution is -2.50. The Kier molecular flexibility index (Phi) is 5.92. The Labute approximate surface area is 140 Å². The number of hydrogen-bond acceptors (Lipinski definition) is 6. The van der Waals surface area contributed by atoms with Crippen LogP contribution in [0.3, 0.4) is 0 Å². The molecule has 2 aromatic rings. The van der Waals surface area contributed by atoms with E-state index in [0.29, 0.717) is 27.9 Å². The van der Waals surface area contributed by atoms with E-state index in [0.717, 1.165) is 5.56 Å². The van der Waals surface area contributed by atoms with Gasteiger partial charge in [-0.1, -0.05) is 22.7 Å². The van der Waals surface area contributed by atoms with Gasteiger partial charge in [-0.25, -0.2) is 8.42 Å². The Bertz CT molecular complexity index is 792. The molecule has 0 aliphatic carbocycles. The lowest BCUT2D eigenvalue weighted by Gasteiger charge is -2.14. The first-order chi connectivity index (χ1) is 10.4. The zero-order valence-electron chi connectivity index (χ0n) is 13.3. The van der Waals surface area contributed by atoms with Gasteiger partial charge in [0.2, 0.25) is 11.0 Å². The summed E-state index contributed by atoms with van der Waals surface area (Å²) in [7, 11) is -4.33. The minimum atomic E-state index is -4.33. The first-order valence-electron chi connectivity index (χ1n) is 6.57. The first-order valence-corrected chi connectivity index (χ1v) is 8.35. The number of hydrogen-bond donors (Lipinski definition) is 2. The maximum atomic E-state index is 10.8. The molecule has 0 saturated carbocycles. The van der Waals surface area contributed by atoms with Crippen LogP contribution in [-0.2, 0) is 10.1 Å². The molecule has 0 aliphatic heterocycles. The van der Waals surface area contributed by atoms with Crippen LogP contribution in [0, 0.1) is 27.7 Å². The van der Waals surface area contributed by atoms with Gasteiger partial charge < -0.3 is 10.3 Å². The predicted octanol–water partition coefficient (Wildman–Crippen LogP) is 1.14. The lowest BCUT2D eigenvalue weighted by atomic mass is 10.1. The highest BCUT2D eigenvalue weighted by Gasteiger charge is 2.09. The molecule has 9 heteroatoms. The van der Waals surface area contributed by atoms with Gasteiger partial charge in [0, 0.05) is 6.92 Å². The second-order valence-electron chi connectivity index (χ2n) is 5.10. The van der Waals surface area contributed by atoms with E-state index in [9.17, 15) is 13.0 Å². The molecule has 0 fully saturated rings. The molecule has 0 atom stereocenters. The van der Waals surface area contributed by atoms with Crippen molar-refractivity contribution in [2.24, 2.45) is 0 Å². The summed E-state index contributed by atoms with van der Waals surface area (Å²) in [4.78, 5) is 3.77. The van der Waals surface area contributed by atoms with E-state index >= 15 is 0 Å². The van der Waals surface area contributed by atoms with E-state index in [1.54, 1.807) is 32.9 Å². The number of benzene rings is 1. The average molecular weight is 359 g/mol. The number of nitrogen functional groups attached to an aromatic ring is 2. The van der Waals surface area contributed by atoms with Crippen LogP contribution >= 0.6 is 11.6 Å². The molecule has 0 spiro atoms. The first kappa shape index (κ1) is 19.1. The van der Waals surface area contributed by atoms with Gasteiger partial charge in [-0.15, -0.1) is 4.68 Å². The van der Waals surface area contributed by atoms with Crippen LogP contribution in [0.1, 0.15) is 22.5 Å². The lowest BCUT2D eigenvalue weighted by molar-refractivity contribution is -0.633. The molecule has 2 rings (SSSR count). The minimum Gasteiger partial charge on any atom is -0.744 e. The number of aromatic nitrogens is 2. The van der Waals surface area contributed by atoms with Crippen molar-refractivity contribution >= 4 is 27.5 Å². The van der Waals surface area contributed by atoms with Gasteiger partial charge in [0.1, 0.15) is 10.1 Å². The van der Waals surface area contributed by atoms with Gasteiger partial charge in [0.25, 0.3) is 5.82 Å². The molecule has 1 heterocycles. The normalized spacial score (nSPS) is 10.9. The second-order valence-corrected chi connectivity index (χ2v) is 6.81.